The average Bonchev–Trinajstić information content (AvgIpc) is 3.81. The highest BCUT2D eigenvalue weighted by Gasteiger charge is 2.40. The van der Waals surface area contributed by atoms with Gasteiger partial charge in [0.2, 0.25) is 53.2 Å². The first-order valence-electron chi connectivity index (χ1n) is 23.2. The Balaban J connectivity index is 2.41. The summed E-state index contributed by atoms with van der Waals surface area (Å²) in [6, 6.07) is -0.912. The minimum atomic E-state index is -1.32. The maximum Gasteiger partial charge on any atom is 0.249 e. The third kappa shape index (κ3) is 21.3. The number of phenolic OH excluding ortho intramolecular Hbond substituents is 1. The molecular weight excluding hydrogens is 911 g/mol. The van der Waals surface area contributed by atoms with Crippen molar-refractivity contribution in [3.63, 3.8) is 0 Å². The van der Waals surface area contributed by atoms with Crippen molar-refractivity contribution in [1.29, 1.82) is 0 Å². The van der Waals surface area contributed by atoms with Crippen LogP contribution in [0.25, 0.3) is 0 Å². The fourth-order valence-electron chi connectivity index (χ4n) is 7.26. The van der Waals surface area contributed by atoms with Gasteiger partial charge in [-0.2, -0.15) is 0 Å². The number of hydrogen-bond donors (Lipinski definition) is 13. The van der Waals surface area contributed by atoms with Crippen molar-refractivity contribution >= 4 is 65.1 Å². The Morgan fingerprint density at radius 3 is 1.90 bits per heavy atom. The molecule has 1 aromatic rings. The van der Waals surface area contributed by atoms with Crippen LogP contribution in [0.2, 0.25) is 0 Å². The summed E-state index contributed by atoms with van der Waals surface area (Å²) in [5.74, 6) is -7.22. The molecule has 2 rings (SSSR count). The van der Waals surface area contributed by atoms with Gasteiger partial charge in [-0.15, -0.1) is 0 Å². The van der Waals surface area contributed by atoms with Gasteiger partial charge in [-0.05, 0) is 80.6 Å². The van der Waals surface area contributed by atoms with Crippen LogP contribution in [0.1, 0.15) is 84.6 Å². The van der Waals surface area contributed by atoms with E-state index in [0.717, 1.165) is 6.08 Å². The van der Waals surface area contributed by atoms with E-state index < -0.39 is 103 Å². The van der Waals surface area contributed by atoms with Crippen LogP contribution in [0, 0.1) is 11.8 Å². The van der Waals surface area contributed by atoms with E-state index in [0.29, 0.717) is 24.8 Å². The topological polar surface area (TPSA) is 416 Å². The zero-order chi connectivity index (χ0) is 52.5. The van der Waals surface area contributed by atoms with Crippen LogP contribution in [0.5, 0.6) is 5.75 Å². The summed E-state index contributed by atoms with van der Waals surface area (Å²) < 4.78 is 0. The van der Waals surface area contributed by atoms with Crippen LogP contribution < -0.4 is 65.9 Å². The molecule has 1 aliphatic rings. The zero-order valence-electron chi connectivity index (χ0n) is 40.5. The third-order valence-electron chi connectivity index (χ3n) is 11.2. The molecule has 25 nitrogen and oxygen atoms in total. The highest BCUT2D eigenvalue weighted by Crippen LogP contribution is 2.22. The number of nitrogens with zero attached hydrogens (tertiary/aromatic N) is 3. The molecule has 70 heavy (non-hydrogen) atoms. The molecule has 1 aliphatic heterocycles. The van der Waals surface area contributed by atoms with Crippen LogP contribution in [0.15, 0.2) is 46.9 Å². The molecule has 0 radical (unpaired) electrons. The van der Waals surface area contributed by atoms with Crippen LogP contribution in [0.4, 0.5) is 0 Å². The number of carbonyl (C=O) groups excluding carboxylic acids is 9. The Morgan fingerprint density at radius 2 is 1.34 bits per heavy atom. The number of aliphatic imine (C=N–C) groups is 2. The SMILES string of the molecule is C=CC(=O)NC(=O)CNC(=O)CNC(=O)[C@H](CCCN=C(N)N)NC(=O)[C@H](CCCN=C(N)N)NC(=O)[C@@H]1CCCN1C(=O)[C@H](Cc1ccc(O)cc1)NC(=O)[C@@H](NC(=O)[C@@H](N)CC(C)C)[C@@H](C)CC. The molecule has 0 bridgehead atoms. The fourth-order valence-corrected chi connectivity index (χ4v) is 7.26. The lowest BCUT2D eigenvalue weighted by molar-refractivity contribution is -0.142. The van der Waals surface area contributed by atoms with Crippen molar-refractivity contribution in [2.24, 2.45) is 50.5 Å². The normalized spacial score (nSPS) is 15.6. The summed E-state index contributed by atoms with van der Waals surface area (Å²) in [6.07, 6.45) is 2.52. The van der Waals surface area contributed by atoms with E-state index in [4.69, 9.17) is 28.7 Å². The molecule has 7 atom stereocenters. The molecule has 1 fully saturated rings. The number of guanidine groups is 2. The lowest BCUT2D eigenvalue weighted by Crippen LogP contribution is -2.60. The monoisotopic (exact) mass is 984 g/mol. The Kier molecular flexibility index (Phi) is 25.4. The summed E-state index contributed by atoms with van der Waals surface area (Å²) in [5.41, 5.74) is 28.6. The molecule has 1 saturated heterocycles. The molecular formula is C45H73N15O10. The first-order valence-corrected chi connectivity index (χ1v) is 23.2. The number of amides is 9. The first-order chi connectivity index (χ1) is 33.1. The summed E-state index contributed by atoms with van der Waals surface area (Å²) in [5, 5.41) is 27.5. The van der Waals surface area contributed by atoms with Gasteiger partial charge in [-0.1, -0.05) is 52.8 Å². The third-order valence-corrected chi connectivity index (χ3v) is 11.2. The Hall–Kier alpha value is -7.31. The summed E-state index contributed by atoms with van der Waals surface area (Å²) >= 11 is 0. The number of aromatic hydroxyl groups is 1. The van der Waals surface area contributed by atoms with E-state index in [1.807, 2.05) is 26.1 Å². The molecule has 25 heteroatoms. The molecule has 18 N–H and O–H groups in total. The second kappa shape index (κ2) is 30.2. The minimum Gasteiger partial charge on any atom is -0.508 e. The van der Waals surface area contributed by atoms with Gasteiger partial charge in [0.25, 0.3) is 0 Å². The Bertz CT molecular complexity index is 2040. The van der Waals surface area contributed by atoms with Crippen molar-refractivity contribution < 1.29 is 48.3 Å². The van der Waals surface area contributed by atoms with Crippen LogP contribution in [0.3, 0.4) is 0 Å². The van der Waals surface area contributed by atoms with Gasteiger partial charge in [0.15, 0.2) is 11.9 Å². The number of hydrogen-bond acceptors (Lipinski definition) is 13. The van der Waals surface area contributed by atoms with Gasteiger partial charge in [0.1, 0.15) is 36.0 Å². The van der Waals surface area contributed by atoms with E-state index in [1.165, 1.54) is 17.0 Å². The molecule has 1 aromatic carbocycles. The predicted octanol–water partition coefficient (Wildman–Crippen LogP) is -3.55. The quantitative estimate of drug-likeness (QED) is 0.0160. The van der Waals surface area contributed by atoms with E-state index >= 15 is 0 Å². The number of phenols is 1. The molecule has 0 spiro atoms. The lowest BCUT2D eigenvalue weighted by atomic mass is 9.96. The van der Waals surface area contributed by atoms with Crippen molar-refractivity contribution in [3.05, 3.63) is 42.5 Å². The number of carbonyl (C=O) groups is 9. The van der Waals surface area contributed by atoms with E-state index in [9.17, 15) is 48.3 Å². The maximum absolute atomic E-state index is 14.6. The van der Waals surface area contributed by atoms with Gasteiger partial charge in [-0.3, -0.25) is 58.5 Å². The second-order valence-corrected chi connectivity index (χ2v) is 17.4. The van der Waals surface area contributed by atoms with Crippen LogP contribution >= 0.6 is 0 Å². The van der Waals surface area contributed by atoms with Gasteiger partial charge in [0, 0.05) is 26.1 Å². The van der Waals surface area contributed by atoms with Gasteiger partial charge < -0.3 is 70.6 Å². The Morgan fingerprint density at radius 1 is 0.771 bits per heavy atom. The largest absolute Gasteiger partial charge is 0.508 e. The number of nitrogens with one attached hydrogen (secondary N) is 7. The molecule has 0 saturated carbocycles. The van der Waals surface area contributed by atoms with Crippen molar-refractivity contribution in [2.75, 3.05) is 32.7 Å². The molecule has 0 aliphatic carbocycles. The molecule has 1 heterocycles. The molecule has 388 valence electrons. The summed E-state index contributed by atoms with van der Waals surface area (Å²) in [4.78, 5) is 129. The van der Waals surface area contributed by atoms with Crippen LogP contribution in [-0.4, -0.2) is 144 Å². The van der Waals surface area contributed by atoms with Crippen molar-refractivity contribution in [2.45, 2.75) is 122 Å². The number of benzene rings is 1. The Labute approximate surface area is 407 Å². The maximum atomic E-state index is 14.6. The summed E-state index contributed by atoms with van der Waals surface area (Å²) in [7, 11) is 0. The number of likely N-dealkylation sites (tertiary alicyclic amines) is 1. The van der Waals surface area contributed by atoms with E-state index in [2.05, 4.69) is 48.5 Å². The molecule has 0 aromatic heterocycles. The minimum absolute atomic E-state index is 0.0235. The standard InChI is InChI=1S/C45H73N15O10/c1-6-26(5)37(59-38(65)29(46)21-25(3)4)42(69)57-32(22-27-14-16-28(61)17-15-27)43(70)60-20-10-13-33(60)41(68)56-31(12-9-19-52-45(49)50)40(67)55-30(11-8-18-51-44(47)48)39(66)54-23-35(63)53-24-36(64)58-34(62)7-2/h7,14-17,25-26,29-33,37,61H,2,6,8-13,18-24,46H2,1,3-5H3,(H,53,63)(H,54,66)(H,55,67)(H,56,68)(H,57,69)(H,59,65)(H4,47,48,51)(H4,49,50,52)(H,58,62,64)/t26-,29-,30-,31-,32-,33-,37-/m0/s1. The molecule has 9 amide bonds. The highest BCUT2D eigenvalue weighted by atomic mass is 16.3. The second-order valence-electron chi connectivity index (χ2n) is 17.4. The fraction of sp³-hybridized carbons (Fsp3) is 0.578. The molecule has 0 unspecified atom stereocenters. The average molecular weight is 984 g/mol. The van der Waals surface area contributed by atoms with Gasteiger partial charge in [0.05, 0.1) is 19.1 Å². The smallest absolute Gasteiger partial charge is 0.249 e. The number of imide groups is 1. The first kappa shape index (κ1) is 58.8. The zero-order valence-corrected chi connectivity index (χ0v) is 40.5. The van der Waals surface area contributed by atoms with Gasteiger partial charge in [-0.25, -0.2) is 0 Å². The predicted molar refractivity (Wildman–Crippen MR) is 260 cm³/mol. The van der Waals surface area contributed by atoms with Gasteiger partial charge >= 0.3 is 0 Å². The van der Waals surface area contributed by atoms with E-state index in [-0.39, 0.29) is 87.7 Å². The van der Waals surface area contributed by atoms with E-state index in [1.54, 1.807) is 19.1 Å². The van der Waals surface area contributed by atoms with Crippen LogP contribution in [-0.2, 0) is 49.6 Å². The number of nitrogens with two attached hydrogens (primary N) is 5. The highest BCUT2D eigenvalue weighted by molar-refractivity contribution is 6.02. The number of rotatable bonds is 29. The lowest BCUT2D eigenvalue weighted by Gasteiger charge is -2.32. The van der Waals surface area contributed by atoms with Crippen molar-refractivity contribution in [3.8, 4) is 5.75 Å². The summed E-state index contributed by atoms with van der Waals surface area (Å²) in [6.45, 7) is 9.72. The van der Waals surface area contributed by atoms with Crippen molar-refractivity contribution in [1.82, 2.24) is 42.1 Å².